The summed E-state index contributed by atoms with van der Waals surface area (Å²) < 4.78 is 81.6. The van der Waals surface area contributed by atoms with Crippen LogP contribution in [0.15, 0.2) is 35.6 Å². The highest BCUT2D eigenvalue weighted by molar-refractivity contribution is 8.44. The zero-order valence-electron chi connectivity index (χ0n) is 33.2. The summed E-state index contributed by atoms with van der Waals surface area (Å²) in [5, 5.41) is 0.198. The largest absolute Gasteiger partial charge is 0.474 e. The Kier molecular flexibility index (Phi) is 13.7. The number of nitrogen functional groups attached to an aromatic ring is 1. The van der Waals surface area contributed by atoms with E-state index in [-0.39, 0.29) is 52.2 Å². The molecule has 5 heterocycles. The number of H-pyrrole nitrogens is 1. The van der Waals surface area contributed by atoms with Crippen LogP contribution in [0.25, 0.3) is 11.0 Å². The first-order chi connectivity index (χ1) is 26.6. The SMILES string of the molecule is CC(C)[Si](O)(O[Si](O[C@H]1[C@H]2O[P@@](=O)(S)OC[C@H]3C[C@@H](Oc4ccncn4)C[C@@H]3O[P@](=O)(S)OC[C@H]1O[C@H]2n1ccc2c(=O)[nH]c(N)nc21)(C(C)C)C(C)C)C(C)C. The summed E-state index contributed by atoms with van der Waals surface area (Å²) in [6.07, 6.45) is -0.872. The minimum atomic E-state index is -4.31. The van der Waals surface area contributed by atoms with Crippen LogP contribution in [0.4, 0.5) is 5.95 Å². The summed E-state index contributed by atoms with van der Waals surface area (Å²) in [6.45, 7) is 6.56. The molecule has 2 aliphatic heterocycles. The highest BCUT2D eigenvalue weighted by Crippen LogP contribution is 2.61. The Bertz CT molecular complexity index is 2020. The molecule has 18 nitrogen and oxygen atoms in total. The average molecular weight is 909 g/mol. The predicted molar refractivity (Wildman–Crippen MR) is 223 cm³/mol. The van der Waals surface area contributed by atoms with Crippen molar-refractivity contribution in [1.82, 2.24) is 24.5 Å². The van der Waals surface area contributed by atoms with Crippen molar-refractivity contribution in [2.75, 3.05) is 18.9 Å². The van der Waals surface area contributed by atoms with Crippen LogP contribution in [0, 0.1) is 5.92 Å². The van der Waals surface area contributed by atoms with E-state index >= 15 is 0 Å². The van der Waals surface area contributed by atoms with Gasteiger partial charge in [0.1, 0.15) is 30.7 Å². The first-order valence-corrected chi connectivity index (χ1v) is 28.4. The Balaban J connectivity index is 1.43. The van der Waals surface area contributed by atoms with Gasteiger partial charge in [0.25, 0.3) is 5.56 Å². The van der Waals surface area contributed by atoms with E-state index in [9.17, 15) is 18.7 Å². The van der Waals surface area contributed by atoms with Gasteiger partial charge in [-0.2, -0.15) is 4.98 Å². The number of nitrogens with two attached hydrogens (primary N) is 1. The van der Waals surface area contributed by atoms with Crippen molar-refractivity contribution in [1.29, 1.82) is 0 Å². The van der Waals surface area contributed by atoms with Gasteiger partial charge in [0.2, 0.25) is 11.8 Å². The van der Waals surface area contributed by atoms with Crippen molar-refractivity contribution in [2.45, 2.75) is 127 Å². The Hall–Kier alpha value is -1.63. The predicted octanol–water partition coefficient (Wildman–Crippen LogP) is 6.66. The van der Waals surface area contributed by atoms with E-state index in [4.69, 9.17) is 41.8 Å². The van der Waals surface area contributed by atoms with Crippen molar-refractivity contribution in [3.8, 4) is 5.88 Å². The highest BCUT2D eigenvalue weighted by Gasteiger charge is 2.60. The summed E-state index contributed by atoms with van der Waals surface area (Å²) in [7, 11) is -7.05. The molecule has 318 valence electrons. The molecule has 2 bridgehead atoms. The molecule has 0 unspecified atom stereocenters. The summed E-state index contributed by atoms with van der Waals surface area (Å²) in [5.41, 5.74) is 4.77. The topological polar surface area (TPSA) is 231 Å². The number of aromatic nitrogens is 5. The van der Waals surface area contributed by atoms with Gasteiger partial charge in [-0.15, -0.1) is 0 Å². The first kappa shape index (κ1) is 44.9. The molecule has 9 atom stereocenters. The fourth-order valence-corrected chi connectivity index (χ4v) is 20.8. The zero-order chi connectivity index (χ0) is 41.7. The molecular weight excluding hydrogens is 855 g/mol. The smallest absolute Gasteiger partial charge is 0.386 e. The summed E-state index contributed by atoms with van der Waals surface area (Å²) >= 11 is 8.84. The third-order valence-electron chi connectivity index (χ3n) is 10.9. The van der Waals surface area contributed by atoms with E-state index in [0.717, 1.165) is 0 Å². The van der Waals surface area contributed by atoms with E-state index in [2.05, 4.69) is 44.4 Å². The number of hydrogen-bond acceptors (Lipinski definition) is 16. The van der Waals surface area contributed by atoms with Crippen LogP contribution < -0.4 is 16.0 Å². The van der Waals surface area contributed by atoms with E-state index < -0.39 is 85.5 Å². The molecule has 0 amide bonds. The minimum Gasteiger partial charge on any atom is -0.474 e. The van der Waals surface area contributed by atoms with Crippen LogP contribution in [-0.2, 0) is 40.5 Å². The number of fused-ring (bicyclic) bond motifs is 4. The van der Waals surface area contributed by atoms with Gasteiger partial charge >= 0.3 is 30.7 Å². The second-order valence-electron chi connectivity index (χ2n) is 16.0. The number of thiol groups is 2. The van der Waals surface area contributed by atoms with Crippen molar-refractivity contribution in [3.05, 3.63) is 41.2 Å². The molecular formula is C33H54N6O12P2S2Si2. The number of nitrogens with one attached hydrogen (secondary N) is 1. The molecule has 57 heavy (non-hydrogen) atoms. The molecule has 0 radical (unpaired) electrons. The monoisotopic (exact) mass is 908 g/mol. The van der Waals surface area contributed by atoms with Gasteiger partial charge in [-0.05, 0) is 34.7 Å². The number of aromatic amines is 1. The fraction of sp³-hybridized carbons (Fsp3) is 0.697. The Morgan fingerprint density at radius 3 is 2.26 bits per heavy atom. The molecule has 6 rings (SSSR count). The maximum Gasteiger partial charge on any atom is 0.386 e. The number of rotatable bonds is 11. The standard InChI is InChI=1S/C33H54N6O12P2S2Si2/c1-18(2)56(43,19(3)4)51-57(20(5)6,21(7)8)50-28-26-16-45-52(41,54)48-25-14-23(46-27-9-11-35-17-36-27)13-22(25)15-44-53(42,55)49-29(28)32(47-26)39-12-10-24-30(39)37-33(34)38-31(24)40/h9-12,17-23,25-26,28-29,32,43H,13-16H2,1-8H3,(H,41,54)(H,42,55)(H3,34,37,38,40)/t22-,23-,25+,26-,28-,29-,32-,52-,53+/m1/s1. The van der Waals surface area contributed by atoms with Crippen LogP contribution in [0.1, 0.15) is 74.5 Å². The van der Waals surface area contributed by atoms with Crippen molar-refractivity contribution in [2.24, 2.45) is 5.92 Å². The highest BCUT2D eigenvalue weighted by atomic mass is 32.7. The lowest BCUT2D eigenvalue weighted by Crippen LogP contribution is -2.62. The molecule has 0 spiro atoms. The van der Waals surface area contributed by atoms with Crippen LogP contribution in [0.2, 0.25) is 22.2 Å². The molecule has 3 aromatic heterocycles. The second-order valence-corrected chi connectivity index (χ2v) is 30.4. The minimum absolute atomic E-state index is 0.145. The molecule has 3 fully saturated rings. The maximum atomic E-state index is 14.5. The maximum absolute atomic E-state index is 14.5. The molecule has 0 aromatic carbocycles. The lowest BCUT2D eigenvalue weighted by molar-refractivity contribution is -0.0488. The van der Waals surface area contributed by atoms with Gasteiger partial charge in [0, 0.05) is 30.8 Å². The van der Waals surface area contributed by atoms with Gasteiger partial charge in [0.05, 0.1) is 24.7 Å². The van der Waals surface area contributed by atoms with Gasteiger partial charge in [0.15, 0.2) is 11.9 Å². The van der Waals surface area contributed by atoms with E-state index in [1.54, 1.807) is 18.5 Å². The van der Waals surface area contributed by atoms with Crippen LogP contribution in [-0.4, -0.2) is 90.2 Å². The van der Waals surface area contributed by atoms with Crippen LogP contribution >= 0.6 is 38.1 Å². The molecule has 3 aromatic rings. The van der Waals surface area contributed by atoms with Crippen molar-refractivity contribution < 1.29 is 50.0 Å². The van der Waals surface area contributed by atoms with E-state index in [0.29, 0.717) is 12.3 Å². The Morgan fingerprint density at radius 1 is 0.965 bits per heavy atom. The Labute approximate surface area is 344 Å². The quantitative estimate of drug-likeness (QED) is 0.0769. The lowest BCUT2D eigenvalue weighted by Gasteiger charge is -2.47. The first-order valence-electron chi connectivity index (χ1n) is 19.0. The molecule has 4 N–H and O–H groups in total. The van der Waals surface area contributed by atoms with E-state index in [1.807, 2.05) is 55.4 Å². The molecule has 24 heteroatoms. The van der Waals surface area contributed by atoms with E-state index in [1.165, 1.54) is 17.0 Å². The number of anilines is 1. The number of nitrogens with zero attached hydrogens (tertiary/aromatic N) is 4. The third-order valence-corrected chi connectivity index (χ3v) is 23.9. The summed E-state index contributed by atoms with van der Waals surface area (Å²) in [6, 6.07) is 3.15. The van der Waals surface area contributed by atoms with Crippen molar-refractivity contribution >= 4 is 72.2 Å². The lowest BCUT2D eigenvalue weighted by atomic mass is 10.1. The normalized spacial score (nSPS) is 31.8. The van der Waals surface area contributed by atoms with Gasteiger partial charge in [-0.1, -0.05) is 79.9 Å². The fourth-order valence-electron chi connectivity index (χ4n) is 7.86. The molecule has 1 aliphatic carbocycles. The molecule has 3 aliphatic rings. The van der Waals surface area contributed by atoms with Gasteiger partial charge in [-0.3, -0.25) is 23.3 Å². The van der Waals surface area contributed by atoms with Crippen molar-refractivity contribution in [3.63, 3.8) is 0 Å². The summed E-state index contributed by atoms with van der Waals surface area (Å²) in [4.78, 5) is 40.1. The average Bonchev–Trinajstić information content (AvgIpc) is 3.80. The third kappa shape index (κ3) is 9.64. The second kappa shape index (κ2) is 17.4. The van der Waals surface area contributed by atoms with Crippen LogP contribution in [0.5, 0.6) is 5.88 Å². The molecule has 2 saturated heterocycles. The Morgan fingerprint density at radius 2 is 1.63 bits per heavy atom. The summed E-state index contributed by atoms with van der Waals surface area (Å²) in [5.74, 6) is -0.304. The zero-order valence-corrected chi connectivity index (χ0v) is 38.7. The van der Waals surface area contributed by atoms with Gasteiger partial charge < -0.3 is 37.6 Å². The number of hydrogen-bond donors (Lipinski definition) is 5. The van der Waals surface area contributed by atoms with Crippen LogP contribution in [0.3, 0.4) is 0 Å². The molecule has 1 saturated carbocycles. The van der Waals surface area contributed by atoms with Gasteiger partial charge in [-0.25, -0.2) is 19.1 Å². The number of ether oxygens (including phenoxy) is 2.